The number of hydrogen-bond donors (Lipinski definition) is 2. The van der Waals surface area contributed by atoms with E-state index in [1.807, 2.05) is 23.7 Å². The lowest BCUT2D eigenvalue weighted by molar-refractivity contribution is 0.555. The maximum atomic E-state index is 4.63. The number of aliphatic imine (C=N–C) groups is 1. The van der Waals surface area contributed by atoms with Gasteiger partial charge >= 0.3 is 0 Å². The number of nitrogens with zero attached hydrogens (tertiary/aromatic N) is 5. The summed E-state index contributed by atoms with van der Waals surface area (Å²) in [5, 5.41) is 11.1. The van der Waals surface area contributed by atoms with Crippen LogP contribution >= 0.6 is 24.0 Å². The summed E-state index contributed by atoms with van der Waals surface area (Å²) in [6, 6.07) is 8.22. The summed E-state index contributed by atoms with van der Waals surface area (Å²) in [6.07, 6.45) is 3.05. The van der Waals surface area contributed by atoms with Gasteiger partial charge in [0.25, 0.3) is 0 Å². The van der Waals surface area contributed by atoms with Gasteiger partial charge in [0, 0.05) is 37.7 Å². The van der Waals surface area contributed by atoms with E-state index in [1.54, 1.807) is 7.05 Å². The predicted molar refractivity (Wildman–Crippen MR) is 120 cm³/mol. The molecule has 0 fully saturated rings. The highest BCUT2D eigenvalue weighted by atomic mass is 127. The molecule has 3 aromatic rings. The van der Waals surface area contributed by atoms with E-state index >= 15 is 0 Å². The molecular weight excluding hydrogens is 453 g/mol. The molecule has 0 saturated carbocycles. The molecule has 3 heterocycles. The van der Waals surface area contributed by atoms with Gasteiger partial charge < -0.3 is 15.0 Å². The van der Waals surface area contributed by atoms with Crippen molar-refractivity contribution < 1.29 is 0 Å². The number of hydrogen-bond acceptors (Lipinski definition) is 3. The molecule has 0 unspecified atom stereocenters. The van der Waals surface area contributed by atoms with Gasteiger partial charge in [-0.3, -0.25) is 9.67 Å². The monoisotopic (exact) mass is 481 g/mol. The molecule has 27 heavy (non-hydrogen) atoms. The average molecular weight is 481 g/mol. The molecule has 0 atom stereocenters. The molecule has 0 aliphatic rings. The second kappa shape index (κ2) is 9.72. The van der Waals surface area contributed by atoms with Crippen LogP contribution in [0.3, 0.4) is 0 Å². The Hall–Kier alpha value is -2.10. The maximum Gasteiger partial charge on any atom is 0.191 e. The van der Waals surface area contributed by atoms with Crippen LogP contribution < -0.4 is 10.6 Å². The van der Waals surface area contributed by atoms with Crippen LogP contribution in [0.25, 0.3) is 5.65 Å². The Bertz CT molecular complexity index is 910. The Morgan fingerprint density at radius 1 is 1.15 bits per heavy atom. The molecular formula is C19H28IN7. The van der Waals surface area contributed by atoms with E-state index in [1.165, 1.54) is 11.4 Å². The second-order valence-corrected chi connectivity index (χ2v) is 6.48. The van der Waals surface area contributed by atoms with Gasteiger partial charge in [-0.15, -0.1) is 24.0 Å². The third-order valence-electron chi connectivity index (χ3n) is 4.35. The van der Waals surface area contributed by atoms with E-state index in [0.29, 0.717) is 6.54 Å². The molecule has 7 nitrogen and oxygen atoms in total. The van der Waals surface area contributed by atoms with Crippen molar-refractivity contribution in [1.82, 2.24) is 29.8 Å². The van der Waals surface area contributed by atoms with Crippen LogP contribution in [0, 0.1) is 20.8 Å². The topological polar surface area (TPSA) is 71.5 Å². The number of guanidine groups is 1. The number of pyridine rings is 1. The minimum atomic E-state index is 0. The van der Waals surface area contributed by atoms with Crippen LogP contribution in [-0.2, 0) is 13.1 Å². The highest BCUT2D eigenvalue weighted by Gasteiger charge is 2.05. The molecule has 0 amide bonds. The molecule has 2 N–H and O–H groups in total. The first-order chi connectivity index (χ1) is 12.6. The zero-order valence-electron chi connectivity index (χ0n) is 16.4. The average Bonchev–Trinajstić information content (AvgIpc) is 3.17. The van der Waals surface area contributed by atoms with Gasteiger partial charge in [-0.1, -0.05) is 6.07 Å². The maximum absolute atomic E-state index is 4.63. The Labute approximate surface area is 177 Å². The molecule has 146 valence electrons. The molecule has 3 rings (SSSR count). The molecule has 8 heteroatoms. The highest BCUT2D eigenvalue weighted by molar-refractivity contribution is 14.0. The zero-order chi connectivity index (χ0) is 18.5. The van der Waals surface area contributed by atoms with Crippen LogP contribution in [0.4, 0.5) is 0 Å². The third kappa shape index (κ3) is 5.44. The molecule has 0 aliphatic heterocycles. The highest BCUT2D eigenvalue weighted by Crippen LogP contribution is 2.08. The number of aryl methyl sites for hydroxylation is 4. The van der Waals surface area contributed by atoms with Crippen molar-refractivity contribution in [3.63, 3.8) is 0 Å². The lowest BCUT2D eigenvalue weighted by atomic mass is 10.4. The second-order valence-electron chi connectivity index (χ2n) is 6.48. The summed E-state index contributed by atoms with van der Waals surface area (Å²) in [6.45, 7) is 8.56. The molecule has 0 radical (unpaired) electrons. The van der Waals surface area contributed by atoms with Crippen molar-refractivity contribution in [2.45, 2.75) is 40.3 Å². The Morgan fingerprint density at radius 2 is 1.96 bits per heavy atom. The number of rotatable bonds is 6. The lowest BCUT2D eigenvalue weighted by Crippen LogP contribution is -2.37. The third-order valence-corrected chi connectivity index (χ3v) is 4.35. The largest absolute Gasteiger partial charge is 0.356 e. The van der Waals surface area contributed by atoms with Gasteiger partial charge in [0.15, 0.2) is 5.96 Å². The van der Waals surface area contributed by atoms with Gasteiger partial charge in [0.05, 0.1) is 17.9 Å². The first kappa shape index (κ1) is 21.2. The van der Waals surface area contributed by atoms with Gasteiger partial charge in [0.1, 0.15) is 5.65 Å². The van der Waals surface area contributed by atoms with Crippen molar-refractivity contribution >= 4 is 35.6 Å². The molecule has 0 spiro atoms. The van der Waals surface area contributed by atoms with Gasteiger partial charge in [0.2, 0.25) is 0 Å². The quantitative estimate of drug-likeness (QED) is 0.246. The van der Waals surface area contributed by atoms with Gasteiger partial charge in [-0.2, -0.15) is 5.10 Å². The van der Waals surface area contributed by atoms with E-state index in [-0.39, 0.29) is 24.0 Å². The van der Waals surface area contributed by atoms with Crippen molar-refractivity contribution in [3.05, 3.63) is 53.2 Å². The van der Waals surface area contributed by atoms with Crippen molar-refractivity contribution in [2.75, 3.05) is 13.6 Å². The lowest BCUT2D eigenvalue weighted by Gasteiger charge is -2.11. The number of aromatic nitrogens is 4. The van der Waals surface area contributed by atoms with E-state index in [4.69, 9.17) is 0 Å². The van der Waals surface area contributed by atoms with E-state index < -0.39 is 0 Å². The number of imidazole rings is 1. The summed E-state index contributed by atoms with van der Waals surface area (Å²) in [4.78, 5) is 8.91. The number of halogens is 1. The SMILES string of the molecule is CN=C(NCCCn1nc(C)cc1C)NCc1cn2c(C)cccc2n1.I. The minimum Gasteiger partial charge on any atom is -0.356 e. The Kier molecular flexibility index (Phi) is 7.64. The van der Waals surface area contributed by atoms with Crippen LogP contribution in [0.5, 0.6) is 0 Å². The number of nitrogens with one attached hydrogen (secondary N) is 2. The fourth-order valence-corrected chi connectivity index (χ4v) is 3.02. The normalized spacial score (nSPS) is 11.5. The summed E-state index contributed by atoms with van der Waals surface area (Å²) >= 11 is 0. The van der Waals surface area contributed by atoms with Crippen LogP contribution in [0.2, 0.25) is 0 Å². The molecule has 0 aromatic carbocycles. The van der Waals surface area contributed by atoms with E-state index in [2.05, 4.69) is 62.3 Å². The van der Waals surface area contributed by atoms with E-state index in [9.17, 15) is 0 Å². The standard InChI is InChI=1S/C19H27N7.HI/c1-14-11-16(3)26(24-14)10-6-9-21-19(20-4)22-12-17-13-25-15(2)7-5-8-18(25)23-17;/h5,7-8,11,13H,6,9-10,12H2,1-4H3,(H2,20,21,22);1H. The predicted octanol–water partition coefficient (Wildman–Crippen LogP) is 2.83. The molecule has 0 bridgehead atoms. The Morgan fingerprint density at radius 3 is 2.63 bits per heavy atom. The fraction of sp³-hybridized carbons (Fsp3) is 0.421. The van der Waals surface area contributed by atoms with Crippen LogP contribution in [0.1, 0.15) is 29.2 Å². The Balaban J connectivity index is 0.00000261. The molecule has 3 aromatic heterocycles. The first-order valence-electron chi connectivity index (χ1n) is 8.96. The van der Waals surface area contributed by atoms with Crippen molar-refractivity contribution in [1.29, 1.82) is 0 Å². The van der Waals surface area contributed by atoms with Crippen LogP contribution in [-0.4, -0.2) is 38.7 Å². The smallest absolute Gasteiger partial charge is 0.191 e. The van der Waals surface area contributed by atoms with Gasteiger partial charge in [-0.25, -0.2) is 4.98 Å². The minimum absolute atomic E-state index is 0. The molecule has 0 aliphatic carbocycles. The molecule has 0 saturated heterocycles. The van der Waals surface area contributed by atoms with Gasteiger partial charge in [-0.05, 0) is 45.4 Å². The van der Waals surface area contributed by atoms with Crippen LogP contribution in [0.15, 0.2) is 35.5 Å². The summed E-state index contributed by atoms with van der Waals surface area (Å²) in [5.41, 5.74) is 5.40. The zero-order valence-corrected chi connectivity index (χ0v) is 18.7. The van der Waals surface area contributed by atoms with E-state index in [0.717, 1.165) is 42.5 Å². The summed E-state index contributed by atoms with van der Waals surface area (Å²) in [7, 11) is 1.78. The first-order valence-corrected chi connectivity index (χ1v) is 8.96. The van der Waals surface area contributed by atoms with Crippen molar-refractivity contribution in [2.24, 2.45) is 4.99 Å². The van der Waals surface area contributed by atoms with Crippen molar-refractivity contribution in [3.8, 4) is 0 Å². The fourth-order valence-electron chi connectivity index (χ4n) is 3.02. The number of fused-ring (bicyclic) bond motifs is 1. The summed E-state index contributed by atoms with van der Waals surface area (Å²) in [5.74, 6) is 0.784. The summed E-state index contributed by atoms with van der Waals surface area (Å²) < 4.78 is 4.15.